The summed E-state index contributed by atoms with van der Waals surface area (Å²) in [4.78, 5) is 32.1. The van der Waals surface area contributed by atoms with Gasteiger partial charge in [0.05, 0.1) is 51.1 Å². The topological polar surface area (TPSA) is 79.1 Å². The summed E-state index contributed by atoms with van der Waals surface area (Å²) in [5.41, 5.74) is 2.01. The van der Waals surface area contributed by atoms with Gasteiger partial charge < -0.3 is 14.2 Å². The summed E-state index contributed by atoms with van der Waals surface area (Å²) in [5, 5.41) is 0. The van der Waals surface area contributed by atoms with Crippen LogP contribution in [0.1, 0.15) is 37.9 Å². The van der Waals surface area contributed by atoms with Crippen LogP contribution in [0.15, 0.2) is 64.8 Å². The Morgan fingerprint density at radius 3 is 2.54 bits per heavy atom. The highest BCUT2D eigenvalue weighted by Crippen LogP contribution is 2.36. The summed E-state index contributed by atoms with van der Waals surface area (Å²) in [5.74, 6) is 0.762. The number of allylic oxidation sites excluding steroid dienone is 1. The van der Waals surface area contributed by atoms with Crippen LogP contribution in [0, 0.1) is 0 Å². The van der Waals surface area contributed by atoms with Crippen LogP contribution in [-0.4, -0.2) is 30.9 Å². The number of fused-ring (bicyclic) bond motifs is 1. The molecule has 0 N–H and O–H groups in total. The number of rotatable bonds is 7. The normalized spacial score (nSPS) is 15.3. The van der Waals surface area contributed by atoms with Crippen molar-refractivity contribution in [3.63, 3.8) is 0 Å². The van der Waals surface area contributed by atoms with Crippen molar-refractivity contribution in [2.24, 2.45) is 4.99 Å². The molecule has 7 nitrogen and oxygen atoms in total. The fraction of sp³-hybridized carbons (Fsp3) is 0.269. The van der Waals surface area contributed by atoms with Gasteiger partial charge in [-0.05, 0) is 88.5 Å². The molecular formula is C26H23Br3N2O5S. The zero-order chi connectivity index (χ0) is 26.9. The number of esters is 1. The molecule has 0 saturated heterocycles. The standard InChI is InChI=1S/C26H23Br3N2O5S/c1-5-35-23-15(9-16(27)12-18(23)29)11-20-24(32)31-22(14-7-8-19(34-4)17(28)10-14)21(25(33)36-6-2)13(3)30-26(31)37-20/h7-12,22H,5-6H2,1-4H3/b20-11+/t22-/m0/s1. The lowest BCUT2D eigenvalue weighted by Gasteiger charge is -2.25. The maximum atomic E-state index is 13.9. The predicted molar refractivity (Wildman–Crippen MR) is 154 cm³/mol. The molecule has 194 valence electrons. The quantitative estimate of drug-likeness (QED) is 0.303. The van der Waals surface area contributed by atoms with Crippen LogP contribution < -0.4 is 24.4 Å². The Hall–Kier alpha value is -2.21. The molecule has 2 aromatic carbocycles. The molecule has 0 unspecified atom stereocenters. The minimum Gasteiger partial charge on any atom is -0.496 e. The van der Waals surface area contributed by atoms with Gasteiger partial charge in [-0.2, -0.15) is 0 Å². The lowest BCUT2D eigenvalue weighted by atomic mass is 9.96. The van der Waals surface area contributed by atoms with Crippen molar-refractivity contribution in [2.75, 3.05) is 20.3 Å². The summed E-state index contributed by atoms with van der Waals surface area (Å²) in [7, 11) is 1.58. The molecule has 0 aliphatic carbocycles. The van der Waals surface area contributed by atoms with Gasteiger partial charge in [0.2, 0.25) is 0 Å². The number of hydrogen-bond acceptors (Lipinski definition) is 7. The molecule has 2 heterocycles. The summed E-state index contributed by atoms with van der Waals surface area (Å²) in [6, 6.07) is 8.53. The molecule has 1 aromatic heterocycles. The Bertz CT molecular complexity index is 1590. The second kappa shape index (κ2) is 11.7. The van der Waals surface area contributed by atoms with Crippen LogP contribution in [0.5, 0.6) is 11.5 Å². The van der Waals surface area contributed by atoms with E-state index < -0.39 is 12.0 Å². The third-order valence-electron chi connectivity index (χ3n) is 5.62. The first-order valence-corrected chi connectivity index (χ1v) is 14.5. The van der Waals surface area contributed by atoms with Gasteiger partial charge in [-0.1, -0.05) is 33.3 Å². The highest BCUT2D eigenvalue weighted by atomic mass is 79.9. The molecule has 11 heteroatoms. The number of hydrogen-bond donors (Lipinski definition) is 0. The second-order valence-electron chi connectivity index (χ2n) is 7.94. The van der Waals surface area contributed by atoms with Gasteiger partial charge >= 0.3 is 5.97 Å². The summed E-state index contributed by atoms with van der Waals surface area (Å²) < 4.78 is 20.9. The zero-order valence-electron chi connectivity index (χ0n) is 20.4. The van der Waals surface area contributed by atoms with E-state index in [1.807, 2.05) is 31.2 Å². The Kier molecular flexibility index (Phi) is 8.77. The van der Waals surface area contributed by atoms with Gasteiger partial charge in [-0.25, -0.2) is 9.79 Å². The third kappa shape index (κ3) is 5.50. The molecule has 1 aliphatic heterocycles. The largest absolute Gasteiger partial charge is 0.496 e. The van der Waals surface area contributed by atoms with E-state index >= 15 is 0 Å². The summed E-state index contributed by atoms with van der Waals surface area (Å²) in [6.45, 7) is 6.08. The Morgan fingerprint density at radius 2 is 1.89 bits per heavy atom. The van der Waals surface area contributed by atoms with Gasteiger partial charge in [0.25, 0.3) is 5.56 Å². The van der Waals surface area contributed by atoms with Crippen LogP contribution in [0.25, 0.3) is 6.08 Å². The number of carbonyl (C=O) groups excluding carboxylic acids is 1. The number of benzene rings is 2. The molecule has 1 aliphatic rings. The van der Waals surface area contributed by atoms with Crippen LogP contribution in [0.4, 0.5) is 0 Å². The Labute approximate surface area is 242 Å². The van der Waals surface area contributed by atoms with E-state index in [0.29, 0.717) is 43.2 Å². The SMILES string of the molecule is CCOC(=O)C1=C(C)N=c2s/c(=C/c3cc(Br)cc(Br)c3OCC)c(=O)n2[C@H]1c1ccc(OC)c(Br)c1. The maximum absolute atomic E-state index is 13.9. The van der Waals surface area contributed by atoms with Gasteiger partial charge in [0.15, 0.2) is 4.80 Å². The average molecular weight is 715 g/mol. The van der Waals surface area contributed by atoms with Crippen molar-refractivity contribution < 1.29 is 19.0 Å². The molecule has 0 fully saturated rings. The zero-order valence-corrected chi connectivity index (χ0v) is 26.0. The highest BCUT2D eigenvalue weighted by molar-refractivity contribution is 9.11. The van der Waals surface area contributed by atoms with Crippen LogP contribution in [0.3, 0.4) is 0 Å². The van der Waals surface area contributed by atoms with Gasteiger partial charge in [-0.15, -0.1) is 0 Å². The Morgan fingerprint density at radius 1 is 1.14 bits per heavy atom. The fourth-order valence-electron chi connectivity index (χ4n) is 4.08. The van der Waals surface area contributed by atoms with E-state index in [1.54, 1.807) is 37.7 Å². The van der Waals surface area contributed by atoms with Crippen molar-refractivity contribution in [2.45, 2.75) is 26.8 Å². The van der Waals surface area contributed by atoms with Crippen molar-refractivity contribution in [3.8, 4) is 11.5 Å². The van der Waals surface area contributed by atoms with E-state index in [1.165, 1.54) is 11.3 Å². The third-order valence-corrected chi connectivity index (χ3v) is 8.27. The number of methoxy groups -OCH3 is 1. The van der Waals surface area contributed by atoms with Crippen molar-refractivity contribution in [3.05, 3.63) is 85.8 Å². The molecule has 3 aromatic rings. The number of aromatic nitrogens is 1. The molecular weight excluding hydrogens is 692 g/mol. The number of thiazole rings is 1. The number of halogens is 3. The number of ether oxygens (including phenoxy) is 3. The predicted octanol–water partition coefficient (Wildman–Crippen LogP) is 5.49. The molecule has 0 bridgehead atoms. The van der Waals surface area contributed by atoms with Crippen LogP contribution in [-0.2, 0) is 9.53 Å². The first-order valence-electron chi connectivity index (χ1n) is 11.3. The lowest BCUT2D eigenvalue weighted by molar-refractivity contribution is -0.139. The molecule has 0 radical (unpaired) electrons. The molecule has 37 heavy (non-hydrogen) atoms. The second-order valence-corrected chi connectivity index (χ2v) is 11.6. The maximum Gasteiger partial charge on any atom is 0.338 e. The van der Waals surface area contributed by atoms with Crippen molar-refractivity contribution in [1.29, 1.82) is 0 Å². The molecule has 1 atom stereocenters. The number of carbonyl (C=O) groups is 1. The van der Waals surface area contributed by atoms with E-state index in [4.69, 9.17) is 14.2 Å². The molecule has 0 amide bonds. The van der Waals surface area contributed by atoms with Crippen LogP contribution in [0.2, 0.25) is 0 Å². The van der Waals surface area contributed by atoms with Gasteiger partial charge in [0, 0.05) is 10.0 Å². The van der Waals surface area contributed by atoms with E-state index in [-0.39, 0.29) is 12.2 Å². The molecule has 0 spiro atoms. The average Bonchev–Trinajstić information content (AvgIpc) is 3.14. The fourth-order valence-corrected chi connectivity index (χ4v) is 7.05. The minimum absolute atomic E-state index is 0.205. The lowest BCUT2D eigenvalue weighted by Crippen LogP contribution is -2.40. The smallest absolute Gasteiger partial charge is 0.338 e. The monoisotopic (exact) mass is 712 g/mol. The minimum atomic E-state index is -0.722. The first-order chi connectivity index (χ1) is 17.7. The first kappa shape index (κ1) is 27.8. The van der Waals surface area contributed by atoms with Crippen LogP contribution >= 0.6 is 59.1 Å². The molecule has 0 saturated carbocycles. The van der Waals surface area contributed by atoms with Gasteiger partial charge in [0.1, 0.15) is 11.5 Å². The number of nitrogens with zero attached hydrogens (tertiary/aromatic N) is 2. The highest BCUT2D eigenvalue weighted by Gasteiger charge is 2.33. The van der Waals surface area contributed by atoms with E-state index in [0.717, 1.165) is 20.1 Å². The van der Waals surface area contributed by atoms with E-state index in [2.05, 4.69) is 52.8 Å². The summed E-state index contributed by atoms with van der Waals surface area (Å²) >= 11 is 11.8. The Balaban J connectivity index is 1.99. The summed E-state index contributed by atoms with van der Waals surface area (Å²) in [6.07, 6.45) is 1.79. The van der Waals surface area contributed by atoms with Crippen molar-refractivity contribution in [1.82, 2.24) is 4.57 Å². The van der Waals surface area contributed by atoms with E-state index in [9.17, 15) is 9.59 Å². The van der Waals surface area contributed by atoms with Crippen molar-refractivity contribution >= 4 is 71.2 Å². The molecule has 4 rings (SSSR count). The van der Waals surface area contributed by atoms with Gasteiger partial charge in [-0.3, -0.25) is 9.36 Å².